The zero-order valence-corrected chi connectivity index (χ0v) is 17.7. The van der Waals surface area contributed by atoms with E-state index in [0.29, 0.717) is 31.0 Å². The molecule has 1 unspecified atom stereocenters. The highest BCUT2D eigenvalue weighted by atomic mass is 35.5. The van der Waals surface area contributed by atoms with Crippen LogP contribution in [0.25, 0.3) is 0 Å². The molecule has 1 atom stereocenters. The van der Waals surface area contributed by atoms with Gasteiger partial charge >= 0.3 is 0 Å². The summed E-state index contributed by atoms with van der Waals surface area (Å²) < 4.78 is 27.4. The van der Waals surface area contributed by atoms with E-state index in [4.69, 9.17) is 11.6 Å². The van der Waals surface area contributed by atoms with Crippen molar-refractivity contribution in [3.8, 4) is 0 Å². The highest BCUT2D eigenvalue weighted by molar-refractivity contribution is 7.89. The number of sulfonamides is 1. The van der Waals surface area contributed by atoms with Crippen molar-refractivity contribution < 1.29 is 13.2 Å². The Labute approximate surface area is 172 Å². The smallest absolute Gasteiger partial charge is 0.243 e. The number of benzene rings is 2. The highest BCUT2D eigenvalue weighted by Crippen LogP contribution is 2.28. The van der Waals surface area contributed by atoms with Crippen LogP contribution in [0.5, 0.6) is 0 Å². The van der Waals surface area contributed by atoms with E-state index in [1.54, 1.807) is 17.0 Å². The number of aryl methyl sites for hydroxylation is 1. The molecule has 1 aliphatic rings. The molecular formula is C21H25ClN2O3S. The first-order valence-corrected chi connectivity index (χ1v) is 11.3. The minimum atomic E-state index is -3.65. The summed E-state index contributed by atoms with van der Waals surface area (Å²) in [7, 11) is -3.65. The van der Waals surface area contributed by atoms with Gasteiger partial charge in [-0.05, 0) is 62.6 Å². The van der Waals surface area contributed by atoms with E-state index < -0.39 is 10.0 Å². The molecule has 0 aromatic heterocycles. The standard InChI is InChI=1S/C21H25ClN2O3S/c1-3-24(20-9-5-4-7-16(20)2)21(25)17-8-6-14-23(15-17)28(26,27)19-12-10-18(22)11-13-19/h4-5,7,9-13,17H,3,6,8,14-15H2,1-2H3. The zero-order valence-electron chi connectivity index (χ0n) is 16.1. The molecule has 150 valence electrons. The summed E-state index contributed by atoms with van der Waals surface area (Å²) in [4.78, 5) is 15.2. The topological polar surface area (TPSA) is 57.7 Å². The van der Waals surface area contributed by atoms with Crippen LogP contribution in [-0.4, -0.2) is 38.3 Å². The lowest BCUT2D eigenvalue weighted by atomic mass is 9.97. The Hall–Kier alpha value is -1.89. The largest absolute Gasteiger partial charge is 0.312 e. The van der Waals surface area contributed by atoms with E-state index in [0.717, 1.165) is 11.3 Å². The lowest BCUT2D eigenvalue weighted by Crippen LogP contribution is -2.47. The Morgan fingerprint density at radius 3 is 2.50 bits per heavy atom. The van der Waals surface area contributed by atoms with Crippen LogP contribution in [-0.2, 0) is 14.8 Å². The second kappa shape index (κ2) is 8.64. The molecule has 3 rings (SSSR count). The van der Waals surface area contributed by atoms with E-state index >= 15 is 0 Å². The van der Waals surface area contributed by atoms with Crippen LogP contribution in [0.2, 0.25) is 5.02 Å². The molecule has 0 aliphatic carbocycles. The van der Waals surface area contributed by atoms with Crippen molar-refractivity contribution in [2.45, 2.75) is 31.6 Å². The number of nitrogens with zero attached hydrogens (tertiary/aromatic N) is 2. The Morgan fingerprint density at radius 2 is 1.86 bits per heavy atom. The van der Waals surface area contributed by atoms with Crippen LogP contribution in [0, 0.1) is 12.8 Å². The number of hydrogen-bond acceptors (Lipinski definition) is 3. The second-order valence-electron chi connectivity index (χ2n) is 7.03. The third-order valence-corrected chi connectivity index (χ3v) is 7.30. The van der Waals surface area contributed by atoms with Crippen molar-refractivity contribution in [2.75, 3.05) is 24.5 Å². The van der Waals surface area contributed by atoms with Gasteiger partial charge in [0.05, 0.1) is 10.8 Å². The molecule has 0 N–H and O–H groups in total. The summed E-state index contributed by atoms with van der Waals surface area (Å²) in [5.74, 6) is -0.372. The average molecular weight is 421 g/mol. The summed E-state index contributed by atoms with van der Waals surface area (Å²) in [5, 5.41) is 0.488. The molecule has 2 aromatic rings. The van der Waals surface area contributed by atoms with Crippen LogP contribution in [0.3, 0.4) is 0 Å². The summed E-state index contributed by atoms with van der Waals surface area (Å²) >= 11 is 5.88. The Morgan fingerprint density at radius 1 is 1.18 bits per heavy atom. The number of halogens is 1. The number of carbonyl (C=O) groups excluding carboxylic acids is 1. The lowest BCUT2D eigenvalue weighted by molar-refractivity contribution is -0.123. The van der Waals surface area contributed by atoms with E-state index in [-0.39, 0.29) is 23.3 Å². The summed E-state index contributed by atoms with van der Waals surface area (Å²) in [5.41, 5.74) is 1.91. The highest BCUT2D eigenvalue weighted by Gasteiger charge is 2.35. The minimum Gasteiger partial charge on any atom is -0.312 e. The van der Waals surface area contributed by atoms with E-state index in [9.17, 15) is 13.2 Å². The number of hydrogen-bond donors (Lipinski definition) is 0. The van der Waals surface area contributed by atoms with Gasteiger partial charge in [0.1, 0.15) is 0 Å². The lowest BCUT2D eigenvalue weighted by Gasteiger charge is -2.34. The molecule has 2 aromatic carbocycles. The SMILES string of the molecule is CCN(C(=O)C1CCCN(S(=O)(=O)c2ccc(Cl)cc2)C1)c1ccccc1C. The van der Waals surface area contributed by atoms with Crippen LogP contribution >= 0.6 is 11.6 Å². The van der Waals surface area contributed by atoms with Crippen molar-refractivity contribution in [3.05, 3.63) is 59.1 Å². The van der Waals surface area contributed by atoms with E-state index in [1.807, 2.05) is 38.1 Å². The molecule has 0 saturated carbocycles. The quantitative estimate of drug-likeness (QED) is 0.731. The predicted molar refractivity (Wildman–Crippen MR) is 112 cm³/mol. The van der Waals surface area contributed by atoms with E-state index in [2.05, 4.69) is 0 Å². The van der Waals surface area contributed by atoms with Gasteiger partial charge in [0.25, 0.3) is 0 Å². The van der Waals surface area contributed by atoms with Crippen LogP contribution in [0.15, 0.2) is 53.4 Å². The maximum Gasteiger partial charge on any atom is 0.243 e. The van der Waals surface area contributed by atoms with Crippen molar-refractivity contribution in [1.29, 1.82) is 0 Å². The molecule has 1 aliphatic heterocycles. The number of carbonyl (C=O) groups is 1. The van der Waals surface area contributed by atoms with Gasteiger partial charge in [-0.15, -0.1) is 0 Å². The molecule has 0 bridgehead atoms. The van der Waals surface area contributed by atoms with Crippen molar-refractivity contribution in [1.82, 2.24) is 4.31 Å². The second-order valence-corrected chi connectivity index (χ2v) is 9.40. The fourth-order valence-electron chi connectivity index (χ4n) is 3.65. The van der Waals surface area contributed by atoms with Crippen molar-refractivity contribution in [3.63, 3.8) is 0 Å². The van der Waals surface area contributed by atoms with Gasteiger partial charge in [-0.1, -0.05) is 29.8 Å². The summed E-state index contributed by atoms with van der Waals surface area (Å²) in [6.45, 7) is 5.08. The average Bonchev–Trinajstić information content (AvgIpc) is 2.70. The zero-order chi connectivity index (χ0) is 20.3. The van der Waals surface area contributed by atoms with Gasteiger partial charge in [0.2, 0.25) is 15.9 Å². The van der Waals surface area contributed by atoms with E-state index in [1.165, 1.54) is 16.4 Å². The molecule has 1 saturated heterocycles. The normalized spacial score (nSPS) is 18.0. The molecule has 7 heteroatoms. The number of piperidine rings is 1. The van der Waals surface area contributed by atoms with Gasteiger partial charge < -0.3 is 4.90 Å². The van der Waals surface area contributed by atoms with Gasteiger partial charge in [0, 0.05) is 30.3 Å². The Bertz CT molecular complexity index is 944. The van der Waals surface area contributed by atoms with Crippen LogP contribution < -0.4 is 4.90 Å². The summed E-state index contributed by atoms with van der Waals surface area (Å²) in [6, 6.07) is 13.9. The Kier molecular flexibility index (Phi) is 6.43. The number of rotatable bonds is 5. The molecule has 1 heterocycles. The molecule has 0 spiro atoms. The molecule has 0 radical (unpaired) electrons. The number of anilines is 1. The molecular weight excluding hydrogens is 396 g/mol. The summed E-state index contributed by atoms with van der Waals surface area (Å²) in [6.07, 6.45) is 1.35. The van der Waals surface area contributed by atoms with Gasteiger partial charge in [0.15, 0.2) is 0 Å². The molecule has 28 heavy (non-hydrogen) atoms. The van der Waals surface area contributed by atoms with Crippen LogP contribution in [0.1, 0.15) is 25.3 Å². The van der Waals surface area contributed by atoms with Gasteiger partial charge in [-0.3, -0.25) is 4.79 Å². The minimum absolute atomic E-state index is 0.0205. The third-order valence-electron chi connectivity index (χ3n) is 5.17. The monoisotopic (exact) mass is 420 g/mol. The van der Waals surface area contributed by atoms with Gasteiger partial charge in [-0.25, -0.2) is 8.42 Å². The van der Waals surface area contributed by atoms with Crippen molar-refractivity contribution >= 4 is 33.2 Å². The molecule has 5 nitrogen and oxygen atoms in total. The first kappa shape index (κ1) is 20.8. The fourth-order valence-corrected chi connectivity index (χ4v) is 5.30. The fraction of sp³-hybridized carbons (Fsp3) is 0.381. The maximum absolute atomic E-state index is 13.2. The predicted octanol–water partition coefficient (Wildman–Crippen LogP) is 4.10. The molecule has 1 amide bonds. The Balaban J connectivity index is 1.81. The maximum atomic E-state index is 13.2. The van der Waals surface area contributed by atoms with Crippen molar-refractivity contribution in [2.24, 2.45) is 5.92 Å². The first-order valence-electron chi connectivity index (χ1n) is 9.47. The van der Waals surface area contributed by atoms with Gasteiger partial charge in [-0.2, -0.15) is 4.31 Å². The first-order chi connectivity index (χ1) is 13.3. The molecule has 1 fully saturated rings. The number of amides is 1. The number of para-hydroxylation sites is 1. The van der Waals surface area contributed by atoms with Crippen LogP contribution in [0.4, 0.5) is 5.69 Å². The third kappa shape index (κ3) is 4.24.